The number of hydrogen-bond donors (Lipinski definition) is 1. The van der Waals surface area contributed by atoms with Gasteiger partial charge in [-0.15, -0.1) is 0 Å². The zero-order valence-electron chi connectivity index (χ0n) is 10.8. The lowest BCUT2D eigenvalue weighted by Gasteiger charge is -2.10. The summed E-state index contributed by atoms with van der Waals surface area (Å²) in [4.78, 5) is 27.1. The summed E-state index contributed by atoms with van der Waals surface area (Å²) in [6.45, 7) is 2.11. The Bertz CT molecular complexity index is 710. The molecule has 104 valence electrons. The molecule has 0 amide bonds. The van der Waals surface area contributed by atoms with E-state index < -0.39 is 5.97 Å². The monoisotopic (exact) mass is 384 g/mol. The van der Waals surface area contributed by atoms with Gasteiger partial charge in [0.15, 0.2) is 0 Å². The number of aryl methyl sites for hydroxylation is 1. The molecule has 2 rings (SSSR count). The van der Waals surface area contributed by atoms with Crippen LogP contribution in [-0.2, 0) is 17.8 Å². The van der Waals surface area contributed by atoms with E-state index in [1.54, 1.807) is 19.1 Å². The minimum Gasteiger partial charge on any atom is -0.481 e. The van der Waals surface area contributed by atoms with Gasteiger partial charge >= 0.3 is 5.97 Å². The molecule has 1 N–H and O–H groups in total. The number of aliphatic carboxylic acids is 1. The van der Waals surface area contributed by atoms with E-state index in [4.69, 9.17) is 5.11 Å². The number of carboxylic acids is 1. The fourth-order valence-electron chi connectivity index (χ4n) is 1.89. The van der Waals surface area contributed by atoms with Crippen LogP contribution in [-0.4, -0.2) is 20.6 Å². The number of nitrogens with zero attached hydrogens (tertiary/aromatic N) is 2. The van der Waals surface area contributed by atoms with Gasteiger partial charge in [-0.3, -0.25) is 14.2 Å². The van der Waals surface area contributed by atoms with Crippen molar-refractivity contribution in [2.24, 2.45) is 0 Å². The van der Waals surface area contributed by atoms with Crippen LogP contribution in [0.5, 0.6) is 0 Å². The Morgan fingerprint density at radius 2 is 2.00 bits per heavy atom. The van der Waals surface area contributed by atoms with E-state index in [1.165, 1.54) is 10.9 Å². The van der Waals surface area contributed by atoms with Gasteiger partial charge in [0.1, 0.15) is 0 Å². The molecular formula is C14H13IN2O3. The van der Waals surface area contributed by atoms with Crippen LogP contribution in [0.1, 0.15) is 16.8 Å². The van der Waals surface area contributed by atoms with Crippen molar-refractivity contribution in [1.29, 1.82) is 0 Å². The molecule has 0 radical (unpaired) electrons. The minimum atomic E-state index is -0.888. The second kappa shape index (κ2) is 6.17. The van der Waals surface area contributed by atoms with Crippen molar-refractivity contribution >= 4 is 28.6 Å². The Morgan fingerprint density at radius 3 is 2.65 bits per heavy atom. The molecule has 0 saturated heterocycles. The van der Waals surface area contributed by atoms with E-state index in [2.05, 4.69) is 4.98 Å². The summed E-state index contributed by atoms with van der Waals surface area (Å²) < 4.78 is 2.08. The molecule has 0 atom stereocenters. The molecule has 0 aliphatic heterocycles. The fraction of sp³-hybridized carbons (Fsp3) is 0.214. The van der Waals surface area contributed by atoms with E-state index in [9.17, 15) is 9.59 Å². The molecule has 0 fully saturated rings. The van der Waals surface area contributed by atoms with E-state index >= 15 is 0 Å². The van der Waals surface area contributed by atoms with Gasteiger partial charge < -0.3 is 5.11 Å². The van der Waals surface area contributed by atoms with Crippen LogP contribution in [0.3, 0.4) is 0 Å². The Morgan fingerprint density at radius 1 is 1.35 bits per heavy atom. The van der Waals surface area contributed by atoms with Crippen LogP contribution >= 0.6 is 22.6 Å². The zero-order valence-corrected chi connectivity index (χ0v) is 13.0. The summed E-state index contributed by atoms with van der Waals surface area (Å²) in [6, 6.07) is 7.22. The smallest absolute Gasteiger partial charge is 0.307 e. The molecule has 1 aromatic carbocycles. The van der Waals surface area contributed by atoms with E-state index in [0.717, 1.165) is 5.56 Å². The third-order valence-electron chi connectivity index (χ3n) is 2.96. The predicted octanol–water partition coefficient (Wildman–Crippen LogP) is 1.83. The van der Waals surface area contributed by atoms with Gasteiger partial charge in [-0.2, -0.15) is 0 Å². The number of carbonyl (C=O) groups is 1. The lowest BCUT2D eigenvalue weighted by atomic mass is 10.0. The highest BCUT2D eigenvalue weighted by Crippen LogP contribution is 2.11. The summed E-state index contributed by atoms with van der Waals surface area (Å²) in [6.07, 6.45) is 1.44. The number of hydrogen-bond acceptors (Lipinski definition) is 3. The van der Waals surface area contributed by atoms with Gasteiger partial charge in [0.05, 0.1) is 28.6 Å². The maximum absolute atomic E-state index is 12.1. The third kappa shape index (κ3) is 3.24. The quantitative estimate of drug-likeness (QED) is 0.817. The van der Waals surface area contributed by atoms with Crippen molar-refractivity contribution in [2.45, 2.75) is 19.9 Å². The molecule has 0 saturated carbocycles. The van der Waals surface area contributed by atoms with Crippen molar-refractivity contribution in [1.82, 2.24) is 9.55 Å². The van der Waals surface area contributed by atoms with Crippen LogP contribution < -0.4 is 5.56 Å². The minimum absolute atomic E-state index is 0.0543. The summed E-state index contributed by atoms with van der Waals surface area (Å²) in [5.74, 6) is -0.888. The molecule has 0 spiro atoms. The molecule has 1 aromatic heterocycles. The van der Waals surface area contributed by atoms with Gasteiger partial charge in [-0.25, -0.2) is 4.98 Å². The summed E-state index contributed by atoms with van der Waals surface area (Å²) >= 11 is 1.98. The average Bonchev–Trinajstić information content (AvgIpc) is 2.41. The SMILES string of the molecule is Cc1ncn(Cc2ccccc2CC(=O)O)c(=O)c1I. The Balaban J connectivity index is 2.38. The first kappa shape index (κ1) is 14.7. The van der Waals surface area contributed by atoms with Gasteiger partial charge in [0.2, 0.25) is 0 Å². The van der Waals surface area contributed by atoms with Crippen LogP contribution in [0.4, 0.5) is 0 Å². The first-order valence-corrected chi connectivity index (χ1v) is 7.07. The van der Waals surface area contributed by atoms with Gasteiger partial charge in [-0.05, 0) is 40.6 Å². The number of carboxylic acid groups (broad SMARTS) is 1. The standard InChI is InChI=1S/C14H13IN2O3/c1-9-13(15)14(20)17(8-16-9)7-11-5-3-2-4-10(11)6-12(18)19/h2-5,8H,6-7H2,1H3,(H,18,19). The summed E-state index contributed by atoms with van der Waals surface area (Å²) in [7, 11) is 0. The van der Waals surface area contributed by atoms with Crippen LogP contribution in [0.2, 0.25) is 0 Å². The molecule has 0 aliphatic carbocycles. The highest BCUT2D eigenvalue weighted by Gasteiger charge is 2.10. The number of rotatable bonds is 4. The zero-order chi connectivity index (χ0) is 14.7. The molecule has 1 heterocycles. The molecule has 2 aromatic rings. The fourth-order valence-corrected chi connectivity index (χ4v) is 2.34. The van der Waals surface area contributed by atoms with Crippen molar-refractivity contribution in [3.63, 3.8) is 0 Å². The molecule has 0 unspecified atom stereocenters. The van der Waals surface area contributed by atoms with Crippen LogP contribution in [0.15, 0.2) is 35.4 Å². The Labute approximate surface area is 129 Å². The first-order chi connectivity index (χ1) is 9.49. The molecule has 0 bridgehead atoms. The normalized spacial score (nSPS) is 10.5. The van der Waals surface area contributed by atoms with Crippen LogP contribution in [0.25, 0.3) is 0 Å². The lowest BCUT2D eigenvalue weighted by Crippen LogP contribution is -2.25. The van der Waals surface area contributed by atoms with Gasteiger partial charge in [0.25, 0.3) is 5.56 Å². The number of benzene rings is 1. The molecule has 20 heavy (non-hydrogen) atoms. The number of aromatic nitrogens is 2. The molecule has 0 aliphatic rings. The Kier molecular flexibility index (Phi) is 4.53. The second-order valence-electron chi connectivity index (χ2n) is 4.42. The van der Waals surface area contributed by atoms with Crippen molar-refractivity contribution in [3.8, 4) is 0 Å². The summed E-state index contributed by atoms with van der Waals surface area (Å²) in [5.41, 5.74) is 2.12. The second-order valence-corrected chi connectivity index (χ2v) is 5.49. The number of halogens is 1. The van der Waals surface area contributed by atoms with Crippen molar-refractivity contribution < 1.29 is 9.90 Å². The highest BCUT2D eigenvalue weighted by atomic mass is 127. The molecule has 6 heteroatoms. The summed E-state index contributed by atoms with van der Waals surface area (Å²) in [5, 5.41) is 8.91. The molecular weight excluding hydrogens is 371 g/mol. The maximum atomic E-state index is 12.1. The Hall–Kier alpha value is -1.70. The average molecular weight is 384 g/mol. The third-order valence-corrected chi connectivity index (χ3v) is 4.20. The van der Waals surface area contributed by atoms with Gasteiger partial charge in [0, 0.05) is 0 Å². The predicted molar refractivity (Wildman–Crippen MR) is 82.8 cm³/mol. The van der Waals surface area contributed by atoms with Gasteiger partial charge in [-0.1, -0.05) is 24.3 Å². The molecule has 5 nitrogen and oxygen atoms in total. The first-order valence-electron chi connectivity index (χ1n) is 5.99. The lowest BCUT2D eigenvalue weighted by molar-refractivity contribution is -0.136. The largest absolute Gasteiger partial charge is 0.481 e. The van der Waals surface area contributed by atoms with Crippen molar-refractivity contribution in [3.05, 3.63) is 61.3 Å². The van der Waals surface area contributed by atoms with Crippen LogP contribution in [0, 0.1) is 10.5 Å². The van der Waals surface area contributed by atoms with Crippen molar-refractivity contribution in [2.75, 3.05) is 0 Å². The van der Waals surface area contributed by atoms with E-state index in [0.29, 0.717) is 21.4 Å². The maximum Gasteiger partial charge on any atom is 0.307 e. The highest BCUT2D eigenvalue weighted by molar-refractivity contribution is 14.1. The van der Waals surface area contributed by atoms with E-state index in [-0.39, 0.29) is 12.0 Å². The van der Waals surface area contributed by atoms with E-state index in [1.807, 2.05) is 34.7 Å². The topological polar surface area (TPSA) is 72.2 Å².